The van der Waals surface area contributed by atoms with Gasteiger partial charge in [-0.25, -0.2) is 9.78 Å². The van der Waals surface area contributed by atoms with E-state index < -0.39 is 60.2 Å². The van der Waals surface area contributed by atoms with Gasteiger partial charge in [0.25, 0.3) is 0 Å². The van der Waals surface area contributed by atoms with E-state index in [-0.39, 0.29) is 38.2 Å². The number of H-pyrrole nitrogens is 1. The number of nitrogens with two attached hydrogens (primary N) is 4. The Bertz CT molecular complexity index is 998. The van der Waals surface area contributed by atoms with Gasteiger partial charge in [0.15, 0.2) is 5.96 Å². The number of unbranched alkanes of at least 4 members (excludes halogenated alkanes) is 1. The lowest BCUT2D eigenvalue weighted by Crippen LogP contribution is -2.57. The van der Waals surface area contributed by atoms with Crippen molar-refractivity contribution < 1.29 is 34.2 Å². The second-order valence-electron chi connectivity index (χ2n) is 9.07. The van der Waals surface area contributed by atoms with Gasteiger partial charge in [0.1, 0.15) is 18.1 Å². The average Bonchev–Trinajstić information content (AvgIpc) is 3.40. The molecular formula is C23H40N10O7. The average molecular weight is 569 g/mol. The Kier molecular flexibility index (Phi) is 15.3. The van der Waals surface area contributed by atoms with E-state index in [2.05, 4.69) is 30.9 Å². The van der Waals surface area contributed by atoms with Crippen LogP contribution in [0.15, 0.2) is 17.5 Å². The maximum absolute atomic E-state index is 13.3. The minimum absolute atomic E-state index is 0.0834. The van der Waals surface area contributed by atoms with Crippen LogP contribution in [0.3, 0.4) is 0 Å². The van der Waals surface area contributed by atoms with Crippen LogP contribution in [0.2, 0.25) is 0 Å². The smallest absolute Gasteiger partial charge is 0.326 e. The summed E-state index contributed by atoms with van der Waals surface area (Å²) < 4.78 is 0. The third-order valence-corrected chi connectivity index (χ3v) is 5.76. The molecule has 0 spiro atoms. The third kappa shape index (κ3) is 13.5. The number of carboxylic acid groups (broad SMARTS) is 2. The number of carboxylic acids is 2. The van der Waals surface area contributed by atoms with Crippen molar-refractivity contribution in [2.24, 2.45) is 27.9 Å². The number of guanidine groups is 1. The molecule has 17 nitrogen and oxygen atoms in total. The Hall–Kier alpha value is -4.25. The molecule has 0 aromatic carbocycles. The summed E-state index contributed by atoms with van der Waals surface area (Å²) in [6.07, 6.45) is 3.79. The topological polar surface area (TPSA) is 307 Å². The van der Waals surface area contributed by atoms with E-state index in [9.17, 15) is 29.1 Å². The van der Waals surface area contributed by atoms with Gasteiger partial charge in [0.05, 0.1) is 12.4 Å². The van der Waals surface area contributed by atoms with Crippen LogP contribution < -0.4 is 38.9 Å². The molecule has 0 fully saturated rings. The van der Waals surface area contributed by atoms with Gasteiger partial charge in [0.2, 0.25) is 17.7 Å². The normalized spacial score (nSPS) is 13.8. The van der Waals surface area contributed by atoms with Crippen LogP contribution in [-0.2, 0) is 30.4 Å². The molecule has 0 bridgehead atoms. The van der Waals surface area contributed by atoms with Crippen LogP contribution in [0.4, 0.5) is 0 Å². The summed E-state index contributed by atoms with van der Waals surface area (Å²) in [6.45, 7) is 0.641. The van der Waals surface area contributed by atoms with Crippen LogP contribution in [0.1, 0.15) is 50.6 Å². The lowest BCUT2D eigenvalue weighted by atomic mass is 10.0. The fraction of sp³-hybridized carbons (Fsp3) is 0.609. The van der Waals surface area contributed by atoms with Gasteiger partial charge in [0, 0.05) is 31.3 Å². The Morgan fingerprint density at radius 1 is 0.900 bits per heavy atom. The van der Waals surface area contributed by atoms with Gasteiger partial charge in [-0.3, -0.25) is 24.2 Å². The Morgan fingerprint density at radius 3 is 2.12 bits per heavy atom. The van der Waals surface area contributed by atoms with Gasteiger partial charge < -0.3 is 54.1 Å². The molecule has 17 heteroatoms. The lowest BCUT2D eigenvalue weighted by Gasteiger charge is -2.25. The molecule has 0 saturated heterocycles. The summed E-state index contributed by atoms with van der Waals surface area (Å²) in [6, 6.07) is -4.79. The van der Waals surface area contributed by atoms with Crippen molar-refractivity contribution in [1.29, 1.82) is 0 Å². The molecule has 1 aromatic heterocycles. The van der Waals surface area contributed by atoms with Crippen molar-refractivity contribution in [3.63, 3.8) is 0 Å². The van der Waals surface area contributed by atoms with Crippen molar-refractivity contribution in [3.8, 4) is 0 Å². The predicted molar refractivity (Wildman–Crippen MR) is 143 cm³/mol. The highest BCUT2D eigenvalue weighted by Gasteiger charge is 2.30. The number of nitrogens with zero attached hydrogens (tertiary/aromatic N) is 2. The molecule has 4 atom stereocenters. The molecule has 1 heterocycles. The summed E-state index contributed by atoms with van der Waals surface area (Å²) in [7, 11) is 0. The monoisotopic (exact) mass is 568 g/mol. The van der Waals surface area contributed by atoms with Crippen LogP contribution in [-0.4, -0.2) is 93.1 Å². The minimum atomic E-state index is -1.50. The summed E-state index contributed by atoms with van der Waals surface area (Å²) in [5.74, 6) is -4.89. The standard InChI is InChI=1S/C23H40N10O7/c24-8-2-1-5-15(31-19(36)14(25)4-3-9-29-23(26)27)20(37)33-17(10-13-11-28-12-30-13)21(38)32-16(22(39)40)6-7-18(34)35/h11-12,14-17H,1-10,24-25H2,(H,28,30)(H,31,36)(H,32,38)(H,33,37)(H,34,35)(H,39,40)(H4,26,27,29). The van der Waals surface area contributed by atoms with E-state index in [4.69, 9.17) is 28.0 Å². The number of nitrogens with one attached hydrogen (secondary N) is 4. The first-order valence-electron chi connectivity index (χ1n) is 12.8. The van der Waals surface area contributed by atoms with Crippen LogP contribution >= 0.6 is 0 Å². The molecule has 0 radical (unpaired) electrons. The molecule has 224 valence electrons. The number of hydrogen-bond acceptors (Lipinski definition) is 9. The molecule has 4 unspecified atom stereocenters. The number of imidazole rings is 1. The number of aromatic amines is 1. The molecule has 14 N–H and O–H groups in total. The number of hydrogen-bond donors (Lipinski definition) is 10. The molecule has 1 rings (SSSR count). The quantitative estimate of drug-likeness (QED) is 0.0424. The highest BCUT2D eigenvalue weighted by atomic mass is 16.4. The summed E-state index contributed by atoms with van der Waals surface area (Å²) in [4.78, 5) is 72.0. The number of rotatable bonds is 20. The molecule has 3 amide bonds. The third-order valence-electron chi connectivity index (χ3n) is 5.76. The highest BCUT2D eigenvalue weighted by Crippen LogP contribution is 2.07. The van der Waals surface area contributed by atoms with Crippen molar-refractivity contribution in [2.45, 2.75) is 75.5 Å². The second kappa shape index (κ2) is 18.1. The SMILES string of the molecule is NCCCCC(NC(=O)C(N)CCCN=C(N)N)C(=O)NC(Cc1cnc[nH]1)C(=O)NC(CCC(=O)O)C(=O)O. The molecule has 0 saturated carbocycles. The van der Waals surface area contributed by atoms with E-state index in [1.54, 1.807) is 0 Å². The number of carbonyl (C=O) groups excluding carboxylic acids is 3. The van der Waals surface area contributed by atoms with Gasteiger partial charge in [-0.05, 0) is 45.1 Å². The minimum Gasteiger partial charge on any atom is -0.481 e. The van der Waals surface area contributed by atoms with Crippen molar-refractivity contribution in [1.82, 2.24) is 25.9 Å². The van der Waals surface area contributed by atoms with Crippen LogP contribution in [0, 0.1) is 0 Å². The van der Waals surface area contributed by atoms with E-state index in [0.717, 1.165) is 0 Å². The second-order valence-corrected chi connectivity index (χ2v) is 9.07. The van der Waals surface area contributed by atoms with Gasteiger partial charge >= 0.3 is 11.9 Å². The maximum atomic E-state index is 13.3. The number of aliphatic imine (C=N–C) groups is 1. The zero-order chi connectivity index (χ0) is 30.1. The van der Waals surface area contributed by atoms with E-state index in [0.29, 0.717) is 31.5 Å². The summed E-state index contributed by atoms with van der Waals surface area (Å²) in [5.41, 5.74) is 22.5. The largest absolute Gasteiger partial charge is 0.481 e. The number of aliphatic carboxylic acids is 2. The number of amides is 3. The molecule has 1 aromatic rings. The summed E-state index contributed by atoms with van der Waals surface area (Å²) >= 11 is 0. The number of aromatic nitrogens is 2. The Labute approximate surface area is 230 Å². The first-order valence-corrected chi connectivity index (χ1v) is 12.8. The van der Waals surface area contributed by atoms with Gasteiger partial charge in [-0.15, -0.1) is 0 Å². The van der Waals surface area contributed by atoms with E-state index in [1.165, 1.54) is 12.5 Å². The molecular weight excluding hydrogens is 528 g/mol. The van der Waals surface area contributed by atoms with Crippen molar-refractivity contribution >= 4 is 35.6 Å². The van der Waals surface area contributed by atoms with Crippen molar-refractivity contribution in [2.75, 3.05) is 13.1 Å². The zero-order valence-electron chi connectivity index (χ0n) is 22.2. The first kappa shape index (κ1) is 33.8. The fourth-order valence-electron chi connectivity index (χ4n) is 3.59. The van der Waals surface area contributed by atoms with Crippen LogP contribution in [0.5, 0.6) is 0 Å². The van der Waals surface area contributed by atoms with Gasteiger partial charge in [-0.1, -0.05) is 0 Å². The highest BCUT2D eigenvalue weighted by molar-refractivity contribution is 5.94. The molecule has 0 aliphatic carbocycles. The van der Waals surface area contributed by atoms with E-state index >= 15 is 0 Å². The van der Waals surface area contributed by atoms with E-state index in [1.807, 2.05) is 0 Å². The van der Waals surface area contributed by atoms with Gasteiger partial charge in [-0.2, -0.15) is 0 Å². The van der Waals surface area contributed by atoms with Crippen LogP contribution in [0.25, 0.3) is 0 Å². The maximum Gasteiger partial charge on any atom is 0.326 e. The summed E-state index contributed by atoms with van der Waals surface area (Å²) in [5, 5.41) is 25.7. The molecule has 40 heavy (non-hydrogen) atoms. The Balaban J connectivity index is 3.01. The molecule has 0 aliphatic rings. The predicted octanol–water partition coefficient (Wildman–Crippen LogP) is -3.13. The fourth-order valence-corrected chi connectivity index (χ4v) is 3.59. The first-order chi connectivity index (χ1) is 18.9. The lowest BCUT2D eigenvalue weighted by molar-refractivity contribution is -0.143. The number of carbonyl (C=O) groups is 5. The molecule has 0 aliphatic heterocycles. The van der Waals surface area contributed by atoms with Crippen molar-refractivity contribution in [3.05, 3.63) is 18.2 Å². The zero-order valence-corrected chi connectivity index (χ0v) is 22.2. The Morgan fingerprint density at radius 2 is 1.55 bits per heavy atom.